The third-order valence-corrected chi connectivity index (χ3v) is 1.92. The molecule has 0 aliphatic carbocycles. The van der Waals surface area contributed by atoms with Crippen LogP contribution in [-0.2, 0) is 4.79 Å². The Morgan fingerprint density at radius 1 is 1.69 bits per heavy atom. The molecule has 13 heavy (non-hydrogen) atoms. The normalized spacial score (nSPS) is 9.92. The number of carbonyl (C=O) groups excluding carboxylic acids is 1. The van der Waals surface area contributed by atoms with Crippen molar-refractivity contribution in [3.05, 3.63) is 6.20 Å². The van der Waals surface area contributed by atoms with Crippen molar-refractivity contribution >= 4 is 22.4 Å². The monoisotopic (exact) mass is 200 g/mol. The molecule has 0 aromatic carbocycles. The van der Waals surface area contributed by atoms with E-state index in [1.807, 2.05) is 0 Å². The molecule has 1 heterocycles. The molecule has 0 spiro atoms. The first kappa shape index (κ1) is 10.1. The summed E-state index contributed by atoms with van der Waals surface area (Å²) in [6.07, 6.45) is 2.55. The van der Waals surface area contributed by atoms with Gasteiger partial charge in [0.15, 0.2) is 0 Å². The smallest absolute Gasteiger partial charge is 0.239 e. The number of amides is 1. The van der Waals surface area contributed by atoms with Crippen molar-refractivity contribution in [3.63, 3.8) is 0 Å². The van der Waals surface area contributed by atoms with E-state index in [0.29, 0.717) is 11.5 Å². The van der Waals surface area contributed by atoms with Gasteiger partial charge in [-0.3, -0.25) is 4.79 Å². The summed E-state index contributed by atoms with van der Waals surface area (Å²) in [5.74, 6) is -0.0560. The van der Waals surface area contributed by atoms with E-state index in [1.54, 1.807) is 0 Å². The Kier molecular flexibility index (Phi) is 4.34. The van der Waals surface area contributed by atoms with Gasteiger partial charge >= 0.3 is 0 Å². The number of hydrogen-bond donors (Lipinski definition) is 2. The molecule has 6 heteroatoms. The van der Waals surface area contributed by atoms with Crippen molar-refractivity contribution in [2.45, 2.75) is 13.3 Å². The van der Waals surface area contributed by atoms with Crippen LogP contribution >= 0.6 is 11.5 Å². The molecule has 1 aromatic heterocycles. The van der Waals surface area contributed by atoms with Crippen LogP contribution in [0.2, 0.25) is 0 Å². The molecule has 0 saturated heterocycles. The van der Waals surface area contributed by atoms with Crippen LogP contribution in [0.5, 0.6) is 0 Å². The number of hydrogen-bond acceptors (Lipinski definition) is 5. The van der Waals surface area contributed by atoms with E-state index in [2.05, 4.69) is 27.1 Å². The molecule has 0 aliphatic rings. The van der Waals surface area contributed by atoms with Gasteiger partial charge < -0.3 is 10.6 Å². The van der Waals surface area contributed by atoms with E-state index in [0.717, 1.165) is 13.0 Å². The van der Waals surface area contributed by atoms with E-state index in [-0.39, 0.29) is 5.91 Å². The van der Waals surface area contributed by atoms with Gasteiger partial charge in [0, 0.05) is 11.5 Å². The number of nitrogens with zero attached hydrogens (tertiary/aromatic N) is 2. The highest BCUT2D eigenvalue weighted by atomic mass is 32.1. The molecular formula is C7H12N4OS. The molecule has 0 fully saturated rings. The first-order valence-corrected chi connectivity index (χ1v) is 4.88. The van der Waals surface area contributed by atoms with Crippen LogP contribution in [0, 0.1) is 0 Å². The maximum absolute atomic E-state index is 11.2. The Hall–Kier alpha value is -1.01. The van der Waals surface area contributed by atoms with Crippen molar-refractivity contribution in [3.8, 4) is 0 Å². The van der Waals surface area contributed by atoms with Gasteiger partial charge in [0.05, 0.1) is 12.7 Å². The largest absolute Gasteiger partial charge is 0.314 e. The summed E-state index contributed by atoms with van der Waals surface area (Å²) in [6, 6.07) is 0. The molecule has 0 bridgehead atoms. The number of nitrogens with one attached hydrogen (secondary N) is 2. The van der Waals surface area contributed by atoms with Gasteiger partial charge in [0.25, 0.3) is 0 Å². The first-order chi connectivity index (χ1) is 6.33. The lowest BCUT2D eigenvalue weighted by molar-refractivity contribution is -0.115. The van der Waals surface area contributed by atoms with E-state index in [9.17, 15) is 4.79 Å². The Morgan fingerprint density at radius 3 is 3.15 bits per heavy atom. The summed E-state index contributed by atoms with van der Waals surface area (Å²) in [4.78, 5) is 11.2. The van der Waals surface area contributed by atoms with Gasteiger partial charge in [-0.25, -0.2) is 0 Å². The first-order valence-electron chi connectivity index (χ1n) is 4.11. The zero-order valence-electron chi connectivity index (χ0n) is 7.41. The van der Waals surface area contributed by atoms with Crippen LogP contribution in [0.3, 0.4) is 0 Å². The van der Waals surface area contributed by atoms with Gasteiger partial charge in [-0.2, -0.15) is 0 Å². The highest BCUT2D eigenvalue weighted by molar-refractivity contribution is 7.10. The van der Waals surface area contributed by atoms with Crippen LogP contribution in [0.25, 0.3) is 0 Å². The van der Waals surface area contributed by atoms with Crippen molar-refractivity contribution in [1.82, 2.24) is 14.9 Å². The summed E-state index contributed by atoms with van der Waals surface area (Å²) in [6.45, 7) is 3.25. The van der Waals surface area contributed by atoms with Gasteiger partial charge in [-0.1, -0.05) is 11.4 Å². The van der Waals surface area contributed by atoms with Gasteiger partial charge in [0.1, 0.15) is 5.00 Å². The minimum absolute atomic E-state index is 0.0560. The van der Waals surface area contributed by atoms with E-state index in [4.69, 9.17) is 0 Å². The van der Waals surface area contributed by atoms with Crippen LogP contribution in [0.1, 0.15) is 13.3 Å². The van der Waals surface area contributed by atoms with Gasteiger partial charge in [-0.15, -0.1) is 5.10 Å². The molecule has 0 atom stereocenters. The minimum Gasteiger partial charge on any atom is -0.314 e. The molecule has 0 saturated carbocycles. The average molecular weight is 200 g/mol. The molecular weight excluding hydrogens is 188 g/mol. The molecule has 72 valence electrons. The van der Waals surface area contributed by atoms with Crippen molar-refractivity contribution in [2.75, 3.05) is 18.4 Å². The van der Waals surface area contributed by atoms with E-state index in [1.165, 1.54) is 17.7 Å². The minimum atomic E-state index is -0.0560. The zero-order valence-corrected chi connectivity index (χ0v) is 8.23. The highest BCUT2D eigenvalue weighted by Crippen LogP contribution is 2.07. The van der Waals surface area contributed by atoms with Gasteiger partial charge in [-0.05, 0) is 13.0 Å². The van der Waals surface area contributed by atoms with Crippen LogP contribution in [-0.4, -0.2) is 28.6 Å². The Bertz CT molecular complexity index is 249. The molecule has 5 nitrogen and oxygen atoms in total. The Morgan fingerprint density at radius 2 is 2.54 bits per heavy atom. The predicted molar refractivity (Wildman–Crippen MR) is 51.7 cm³/mol. The fourth-order valence-corrected chi connectivity index (χ4v) is 1.22. The second-order valence-corrected chi connectivity index (χ2v) is 3.29. The quantitative estimate of drug-likeness (QED) is 0.678. The number of rotatable bonds is 5. The topological polar surface area (TPSA) is 66.9 Å². The van der Waals surface area contributed by atoms with Crippen LogP contribution in [0.15, 0.2) is 6.20 Å². The molecule has 0 aliphatic heterocycles. The van der Waals surface area contributed by atoms with Crippen molar-refractivity contribution in [1.29, 1.82) is 0 Å². The summed E-state index contributed by atoms with van der Waals surface area (Å²) in [7, 11) is 0. The summed E-state index contributed by atoms with van der Waals surface area (Å²) < 4.78 is 3.63. The maximum Gasteiger partial charge on any atom is 0.239 e. The molecule has 1 aromatic rings. The molecule has 0 unspecified atom stereocenters. The maximum atomic E-state index is 11.2. The fourth-order valence-electron chi connectivity index (χ4n) is 0.783. The van der Waals surface area contributed by atoms with Crippen LogP contribution in [0.4, 0.5) is 5.00 Å². The number of aromatic nitrogens is 2. The van der Waals surface area contributed by atoms with Crippen LogP contribution < -0.4 is 10.6 Å². The lowest BCUT2D eigenvalue weighted by Crippen LogP contribution is -2.28. The lowest BCUT2D eigenvalue weighted by Gasteiger charge is -2.01. The molecule has 2 N–H and O–H groups in total. The lowest BCUT2D eigenvalue weighted by atomic mass is 10.4. The fraction of sp³-hybridized carbons (Fsp3) is 0.571. The second-order valence-electron chi connectivity index (χ2n) is 2.51. The van der Waals surface area contributed by atoms with E-state index < -0.39 is 0 Å². The molecule has 1 amide bonds. The Balaban J connectivity index is 2.18. The summed E-state index contributed by atoms with van der Waals surface area (Å²) >= 11 is 1.17. The average Bonchev–Trinajstić information content (AvgIpc) is 2.57. The standard InChI is InChI=1S/C7H12N4OS/c1-2-3-8-4-6(12)10-7-5-9-11-13-7/h5,8H,2-4H2,1H3,(H,10,12). The second kappa shape index (κ2) is 5.60. The zero-order chi connectivity index (χ0) is 9.52. The number of anilines is 1. The predicted octanol–water partition coefficient (Wildman–Crippen LogP) is 0.476. The van der Waals surface area contributed by atoms with Crippen molar-refractivity contribution in [2.24, 2.45) is 0 Å². The van der Waals surface area contributed by atoms with Crippen molar-refractivity contribution < 1.29 is 4.79 Å². The number of carbonyl (C=O) groups is 1. The Labute approximate surface area is 80.7 Å². The van der Waals surface area contributed by atoms with Gasteiger partial charge in [0.2, 0.25) is 5.91 Å². The SMILES string of the molecule is CCCNCC(=O)Nc1cnns1. The van der Waals surface area contributed by atoms with E-state index >= 15 is 0 Å². The molecule has 0 radical (unpaired) electrons. The summed E-state index contributed by atoms with van der Waals surface area (Å²) in [5.41, 5.74) is 0. The highest BCUT2D eigenvalue weighted by Gasteiger charge is 2.02. The summed E-state index contributed by atoms with van der Waals surface area (Å²) in [5, 5.41) is 9.96. The third-order valence-electron chi connectivity index (χ3n) is 1.34. The third kappa shape index (κ3) is 3.95. The molecule has 1 rings (SSSR count).